The SMILES string of the molecule is CCNC(c1ccc(Br)c(Cl)c1F)c1ncc(Br)cc1Br. The molecule has 0 aliphatic heterocycles. The molecule has 1 heterocycles. The van der Waals surface area contributed by atoms with Crippen LogP contribution in [0.4, 0.5) is 4.39 Å². The number of nitrogens with one attached hydrogen (secondary N) is 1. The van der Waals surface area contributed by atoms with Gasteiger partial charge in [-0.05, 0) is 66.5 Å². The smallest absolute Gasteiger partial charge is 0.148 e. The standard InChI is InChI=1S/C14H11Br3ClFN2/c1-2-20-13(14-10(17)5-7(15)6-21-14)8-3-4-9(16)11(18)12(8)19/h3-6,13,20H,2H2,1H3. The maximum atomic E-state index is 14.5. The third-order valence-electron chi connectivity index (χ3n) is 2.89. The summed E-state index contributed by atoms with van der Waals surface area (Å²) >= 11 is 16.1. The van der Waals surface area contributed by atoms with Crippen LogP contribution in [0.1, 0.15) is 24.2 Å². The van der Waals surface area contributed by atoms with Crippen LogP contribution in [0.5, 0.6) is 0 Å². The Bertz CT molecular complexity index is 667. The first kappa shape index (κ1) is 17.3. The van der Waals surface area contributed by atoms with Crippen molar-refractivity contribution in [3.05, 3.63) is 59.9 Å². The van der Waals surface area contributed by atoms with Crippen LogP contribution in [0, 0.1) is 5.82 Å². The highest BCUT2D eigenvalue weighted by Gasteiger charge is 2.23. The molecule has 2 aromatic rings. The summed E-state index contributed by atoms with van der Waals surface area (Å²) in [5.74, 6) is -0.450. The van der Waals surface area contributed by atoms with Crippen molar-refractivity contribution in [2.24, 2.45) is 0 Å². The van der Waals surface area contributed by atoms with E-state index in [1.807, 2.05) is 13.0 Å². The molecule has 0 radical (unpaired) electrons. The van der Waals surface area contributed by atoms with Gasteiger partial charge in [0.15, 0.2) is 0 Å². The molecule has 0 amide bonds. The Hall–Kier alpha value is -0.0100. The number of hydrogen-bond acceptors (Lipinski definition) is 2. The average Bonchev–Trinajstić information content (AvgIpc) is 2.44. The fraction of sp³-hybridized carbons (Fsp3) is 0.214. The van der Waals surface area contributed by atoms with Gasteiger partial charge in [-0.25, -0.2) is 4.39 Å². The molecule has 1 N–H and O–H groups in total. The Labute approximate surface area is 152 Å². The molecule has 21 heavy (non-hydrogen) atoms. The molecular formula is C14H11Br3ClFN2. The molecule has 1 atom stereocenters. The van der Waals surface area contributed by atoms with Gasteiger partial charge >= 0.3 is 0 Å². The Balaban J connectivity index is 2.56. The molecule has 0 spiro atoms. The number of halogens is 5. The van der Waals surface area contributed by atoms with Gasteiger partial charge in [0.25, 0.3) is 0 Å². The van der Waals surface area contributed by atoms with E-state index in [1.54, 1.807) is 18.3 Å². The molecular weight excluding hydrogens is 490 g/mol. The van der Waals surface area contributed by atoms with Crippen molar-refractivity contribution in [2.45, 2.75) is 13.0 Å². The highest BCUT2D eigenvalue weighted by atomic mass is 79.9. The van der Waals surface area contributed by atoms with Gasteiger partial charge in [-0.15, -0.1) is 0 Å². The van der Waals surface area contributed by atoms with E-state index in [0.29, 0.717) is 22.3 Å². The summed E-state index contributed by atoms with van der Waals surface area (Å²) in [6.07, 6.45) is 1.68. The highest BCUT2D eigenvalue weighted by molar-refractivity contribution is 9.11. The van der Waals surface area contributed by atoms with Crippen molar-refractivity contribution < 1.29 is 4.39 Å². The maximum absolute atomic E-state index is 14.5. The minimum atomic E-state index is -0.450. The fourth-order valence-corrected chi connectivity index (χ4v) is 3.65. The predicted octanol–water partition coefficient (Wildman–Crippen LogP) is 5.86. The van der Waals surface area contributed by atoms with Crippen molar-refractivity contribution in [3.63, 3.8) is 0 Å². The van der Waals surface area contributed by atoms with Crippen LogP contribution in [0.2, 0.25) is 5.02 Å². The molecule has 0 saturated heterocycles. The lowest BCUT2D eigenvalue weighted by Crippen LogP contribution is -2.24. The zero-order chi connectivity index (χ0) is 15.6. The summed E-state index contributed by atoms with van der Waals surface area (Å²) in [5, 5.41) is 3.31. The zero-order valence-electron chi connectivity index (χ0n) is 10.9. The van der Waals surface area contributed by atoms with Crippen molar-refractivity contribution >= 4 is 59.4 Å². The Morgan fingerprint density at radius 1 is 1.29 bits per heavy atom. The largest absolute Gasteiger partial charge is 0.305 e. The number of aromatic nitrogens is 1. The zero-order valence-corrected chi connectivity index (χ0v) is 16.4. The van der Waals surface area contributed by atoms with E-state index in [-0.39, 0.29) is 11.1 Å². The molecule has 1 unspecified atom stereocenters. The molecule has 1 aromatic carbocycles. The van der Waals surface area contributed by atoms with Gasteiger partial charge in [-0.1, -0.05) is 24.6 Å². The number of rotatable bonds is 4. The summed E-state index contributed by atoms with van der Waals surface area (Å²) in [5.41, 5.74) is 1.16. The Morgan fingerprint density at radius 3 is 2.62 bits per heavy atom. The minimum Gasteiger partial charge on any atom is -0.305 e. The van der Waals surface area contributed by atoms with E-state index in [2.05, 4.69) is 58.1 Å². The minimum absolute atomic E-state index is 0.0728. The number of benzene rings is 1. The van der Waals surface area contributed by atoms with Gasteiger partial charge in [0.2, 0.25) is 0 Å². The summed E-state index contributed by atoms with van der Waals surface area (Å²) < 4.78 is 16.7. The van der Waals surface area contributed by atoms with Crippen LogP contribution in [-0.2, 0) is 0 Å². The van der Waals surface area contributed by atoms with Crippen molar-refractivity contribution in [2.75, 3.05) is 6.54 Å². The second-order valence-electron chi connectivity index (χ2n) is 4.28. The molecule has 2 nitrogen and oxygen atoms in total. The average molecular weight is 501 g/mol. The van der Waals surface area contributed by atoms with Gasteiger partial charge < -0.3 is 5.32 Å². The molecule has 0 bridgehead atoms. The Kier molecular flexibility index (Phi) is 6.20. The molecule has 7 heteroatoms. The van der Waals surface area contributed by atoms with E-state index in [0.717, 1.165) is 8.95 Å². The van der Waals surface area contributed by atoms with E-state index >= 15 is 0 Å². The first-order valence-electron chi connectivity index (χ1n) is 6.13. The summed E-state index contributed by atoms with van der Waals surface area (Å²) in [6.45, 7) is 2.63. The van der Waals surface area contributed by atoms with Gasteiger partial charge in [0, 0.05) is 25.2 Å². The monoisotopic (exact) mass is 498 g/mol. The molecule has 1 aromatic heterocycles. The second-order valence-corrected chi connectivity index (χ2v) is 7.28. The number of nitrogens with zero attached hydrogens (tertiary/aromatic N) is 1. The third-order valence-corrected chi connectivity index (χ3v) is 5.22. The normalized spacial score (nSPS) is 12.5. The van der Waals surface area contributed by atoms with E-state index < -0.39 is 5.82 Å². The van der Waals surface area contributed by atoms with Gasteiger partial charge in [0.05, 0.1) is 16.8 Å². The molecule has 0 aliphatic carbocycles. The lowest BCUT2D eigenvalue weighted by atomic mass is 10.0. The fourth-order valence-electron chi connectivity index (χ4n) is 1.96. The third kappa shape index (κ3) is 3.85. The molecule has 0 fully saturated rings. The first-order chi connectivity index (χ1) is 9.95. The number of hydrogen-bond donors (Lipinski definition) is 1. The summed E-state index contributed by atoms with van der Waals surface area (Å²) in [6, 6.07) is 4.93. The van der Waals surface area contributed by atoms with Crippen molar-refractivity contribution in [1.29, 1.82) is 0 Å². The number of pyridine rings is 1. The lowest BCUT2D eigenvalue weighted by molar-refractivity contribution is 0.550. The van der Waals surface area contributed by atoms with E-state index in [1.165, 1.54) is 0 Å². The van der Waals surface area contributed by atoms with Crippen molar-refractivity contribution in [3.8, 4) is 0 Å². The second kappa shape index (κ2) is 7.51. The van der Waals surface area contributed by atoms with Crippen LogP contribution in [-0.4, -0.2) is 11.5 Å². The van der Waals surface area contributed by atoms with Gasteiger partial charge in [-0.2, -0.15) is 0 Å². The predicted molar refractivity (Wildman–Crippen MR) is 94.3 cm³/mol. The van der Waals surface area contributed by atoms with Crippen molar-refractivity contribution in [1.82, 2.24) is 10.3 Å². The molecule has 2 rings (SSSR count). The van der Waals surface area contributed by atoms with Gasteiger partial charge in [-0.3, -0.25) is 4.98 Å². The van der Waals surface area contributed by atoms with E-state index in [9.17, 15) is 4.39 Å². The lowest BCUT2D eigenvalue weighted by Gasteiger charge is -2.20. The van der Waals surface area contributed by atoms with Crippen LogP contribution in [0.3, 0.4) is 0 Å². The maximum Gasteiger partial charge on any atom is 0.148 e. The van der Waals surface area contributed by atoms with Crippen LogP contribution in [0.15, 0.2) is 37.8 Å². The molecule has 0 aliphatic rings. The van der Waals surface area contributed by atoms with Crippen LogP contribution >= 0.6 is 59.4 Å². The van der Waals surface area contributed by atoms with Crippen LogP contribution in [0.25, 0.3) is 0 Å². The quantitative estimate of drug-likeness (QED) is 0.531. The molecule has 112 valence electrons. The first-order valence-corrected chi connectivity index (χ1v) is 8.89. The summed E-state index contributed by atoms with van der Waals surface area (Å²) in [4.78, 5) is 4.39. The highest BCUT2D eigenvalue weighted by Crippen LogP contribution is 2.35. The Morgan fingerprint density at radius 2 is 2.00 bits per heavy atom. The van der Waals surface area contributed by atoms with E-state index in [4.69, 9.17) is 11.6 Å². The van der Waals surface area contributed by atoms with Crippen LogP contribution < -0.4 is 5.32 Å². The molecule has 0 saturated carbocycles. The summed E-state index contributed by atoms with van der Waals surface area (Å²) in [7, 11) is 0. The van der Waals surface area contributed by atoms with Gasteiger partial charge in [0.1, 0.15) is 5.82 Å². The topological polar surface area (TPSA) is 24.9 Å².